The van der Waals surface area contributed by atoms with Crippen LogP contribution in [0.1, 0.15) is 51.3 Å². The summed E-state index contributed by atoms with van der Waals surface area (Å²) < 4.78 is 2.97. The van der Waals surface area contributed by atoms with Gasteiger partial charge in [0.1, 0.15) is 0 Å². The Bertz CT molecular complexity index is 388. The highest BCUT2D eigenvalue weighted by molar-refractivity contribution is 9.10. The number of halogens is 1. The SMILES string of the molecule is CC(C)C1CCC(C(NN)c2c(Br)cnn2C)CC1. The van der Waals surface area contributed by atoms with Gasteiger partial charge in [0.05, 0.1) is 22.4 Å². The third-order valence-corrected chi connectivity index (χ3v) is 5.25. The fourth-order valence-corrected chi connectivity index (χ4v) is 3.95. The van der Waals surface area contributed by atoms with Crippen molar-refractivity contribution in [1.29, 1.82) is 0 Å². The van der Waals surface area contributed by atoms with E-state index in [-0.39, 0.29) is 6.04 Å². The molecule has 3 N–H and O–H groups in total. The smallest absolute Gasteiger partial charge is 0.0708 e. The van der Waals surface area contributed by atoms with Gasteiger partial charge in [0, 0.05) is 7.05 Å². The Morgan fingerprint density at radius 1 is 1.32 bits per heavy atom. The summed E-state index contributed by atoms with van der Waals surface area (Å²) in [5, 5.41) is 4.30. The summed E-state index contributed by atoms with van der Waals surface area (Å²) in [6, 6.07) is 0.190. The van der Waals surface area contributed by atoms with E-state index in [1.165, 1.54) is 25.7 Å². The van der Waals surface area contributed by atoms with Gasteiger partial charge in [0.2, 0.25) is 0 Å². The quantitative estimate of drug-likeness (QED) is 0.659. The lowest BCUT2D eigenvalue weighted by Crippen LogP contribution is -2.37. The molecule has 1 aliphatic rings. The number of nitrogens with two attached hydrogens (primary N) is 1. The second-order valence-electron chi connectivity index (χ2n) is 6.06. The van der Waals surface area contributed by atoms with Crippen molar-refractivity contribution in [2.75, 3.05) is 0 Å². The van der Waals surface area contributed by atoms with Gasteiger partial charge in [0.25, 0.3) is 0 Å². The van der Waals surface area contributed by atoms with Crippen LogP contribution in [0.4, 0.5) is 0 Å². The zero-order valence-electron chi connectivity index (χ0n) is 12.1. The highest BCUT2D eigenvalue weighted by atomic mass is 79.9. The zero-order chi connectivity index (χ0) is 14.0. The minimum Gasteiger partial charge on any atom is -0.271 e. The van der Waals surface area contributed by atoms with Crippen LogP contribution in [-0.2, 0) is 7.05 Å². The fraction of sp³-hybridized carbons (Fsp3) is 0.786. The van der Waals surface area contributed by atoms with E-state index in [1.807, 2.05) is 17.9 Å². The monoisotopic (exact) mass is 328 g/mol. The minimum absolute atomic E-state index is 0.190. The van der Waals surface area contributed by atoms with Crippen molar-refractivity contribution < 1.29 is 0 Å². The molecule has 5 heteroatoms. The van der Waals surface area contributed by atoms with Gasteiger partial charge >= 0.3 is 0 Å². The molecule has 1 aliphatic carbocycles. The molecule has 4 nitrogen and oxygen atoms in total. The largest absolute Gasteiger partial charge is 0.271 e. The summed E-state index contributed by atoms with van der Waals surface area (Å²) in [7, 11) is 1.98. The van der Waals surface area contributed by atoms with E-state index in [4.69, 9.17) is 5.84 Å². The van der Waals surface area contributed by atoms with Crippen molar-refractivity contribution >= 4 is 15.9 Å². The van der Waals surface area contributed by atoms with Crippen molar-refractivity contribution in [3.63, 3.8) is 0 Å². The van der Waals surface area contributed by atoms with E-state index in [0.717, 1.165) is 22.0 Å². The first-order valence-corrected chi connectivity index (χ1v) is 7.97. The molecule has 2 rings (SSSR count). The van der Waals surface area contributed by atoms with Crippen LogP contribution in [0.15, 0.2) is 10.7 Å². The molecule has 108 valence electrons. The molecule has 1 atom stereocenters. The molecule has 0 aromatic carbocycles. The van der Waals surface area contributed by atoms with Gasteiger partial charge in [-0.05, 0) is 59.4 Å². The molecule has 0 amide bonds. The molecule has 0 aliphatic heterocycles. The Morgan fingerprint density at radius 3 is 2.32 bits per heavy atom. The highest BCUT2D eigenvalue weighted by Crippen LogP contribution is 2.40. The Labute approximate surface area is 124 Å². The third kappa shape index (κ3) is 3.20. The van der Waals surface area contributed by atoms with Crippen molar-refractivity contribution in [2.24, 2.45) is 30.6 Å². The number of hydrazine groups is 1. The Kier molecular flexibility index (Phi) is 5.03. The molecule has 0 spiro atoms. The summed E-state index contributed by atoms with van der Waals surface area (Å²) in [5.41, 5.74) is 4.17. The maximum Gasteiger partial charge on any atom is 0.0708 e. The molecule has 1 aromatic rings. The van der Waals surface area contributed by atoms with E-state index < -0.39 is 0 Å². The van der Waals surface area contributed by atoms with E-state index in [2.05, 4.69) is 40.3 Å². The van der Waals surface area contributed by atoms with Crippen LogP contribution in [-0.4, -0.2) is 9.78 Å². The Morgan fingerprint density at radius 2 is 1.89 bits per heavy atom. The van der Waals surface area contributed by atoms with Crippen molar-refractivity contribution in [2.45, 2.75) is 45.6 Å². The Balaban J connectivity index is 2.08. The van der Waals surface area contributed by atoms with Crippen LogP contribution in [0.5, 0.6) is 0 Å². The highest BCUT2D eigenvalue weighted by Gasteiger charge is 2.31. The summed E-state index contributed by atoms with van der Waals surface area (Å²) in [5.74, 6) is 8.10. The molecule has 1 aromatic heterocycles. The lowest BCUT2D eigenvalue weighted by molar-refractivity contribution is 0.185. The normalized spacial score (nSPS) is 25.8. The number of aryl methyl sites for hydroxylation is 1. The topological polar surface area (TPSA) is 55.9 Å². The predicted molar refractivity (Wildman–Crippen MR) is 81.3 cm³/mol. The number of rotatable bonds is 4. The van der Waals surface area contributed by atoms with Crippen molar-refractivity contribution in [3.05, 3.63) is 16.4 Å². The van der Waals surface area contributed by atoms with E-state index in [1.54, 1.807) is 0 Å². The first-order chi connectivity index (χ1) is 9.04. The fourth-order valence-electron chi connectivity index (χ4n) is 3.35. The zero-order valence-corrected chi connectivity index (χ0v) is 13.7. The molecular weight excluding hydrogens is 304 g/mol. The van der Waals surface area contributed by atoms with Gasteiger partial charge in [-0.3, -0.25) is 16.0 Å². The van der Waals surface area contributed by atoms with E-state index in [0.29, 0.717) is 5.92 Å². The van der Waals surface area contributed by atoms with Gasteiger partial charge < -0.3 is 0 Å². The molecule has 1 saturated carbocycles. The van der Waals surface area contributed by atoms with Crippen molar-refractivity contribution in [3.8, 4) is 0 Å². The number of hydrogen-bond donors (Lipinski definition) is 2. The van der Waals surface area contributed by atoms with Crippen LogP contribution >= 0.6 is 15.9 Å². The van der Waals surface area contributed by atoms with Gasteiger partial charge in [-0.1, -0.05) is 13.8 Å². The molecule has 1 unspecified atom stereocenters. The lowest BCUT2D eigenvalue weighted by Gasteiger charge is -2.35. The first kappa shape index (κ1) is 15.0. The van der Waals surface area contributed by atoms with Crippen LogP contribution in [0.25, 0.3) is 0 Å². The summed E-state index contributed by atoms with van der Waals surface area (Å²) in [4.78, 5) is 0. The Hall–Kier alpha value is -0.390. The second kappa shape index (κ2) is 6.37. The minimum atomic E-state index is 0.190. The van der Waals surface area contributed by atoms with Gasteiger partial charge in [-0.25, -0.2) is 0 Å². The maximum atomic E-state index is 5.82. The van der Waals surface area contributed by atoms with E-state index in [9.17, 15) is 0 Å². The summed E-state index contributed by atoms with van der Waals surface area (Å²) in [6.45, 7) is 4.67. The molecule has 1 fully saturated rings. The number of aromatic nitrogens is 2. The number of nitrogens with one attached hydrogen (secondary N) is 1. The molecule has 1 heterocycles. The average molecular weight is 329 g/mol. The lowest BCUT2D eigenvalue weighted by atomic mass is 9.74. The standard InChI is InChI=1S/C14H25BrN4/c1-9(2)10-4-6-11(7-5-10)13(18-16)14-12(15)8-17-19(14)3/h8-11,13,18H,4-7,16H2,1-3H3. The third-order valence-electron chi connectivity index (χ3n) is 4.64. The van der Waals surface area contributed by atoms with E-state index >= 15 is 0 Å². The van der Waals surface area contributed by atoms with Gasteiger partial charge in [0.15, 0.2) is 0 Å². The number of nitrogens with zero attached hydrogens (tertiary/aromatic N) is 2. The maximum absolute atomic E-state index is 5.82. The number of hydrogen-bond acceptors (Lipinski definition) is 3. The molecule has 0 bridgehead atoms. The summed E-state index contributed by atoms with van der Waals surface area (Å²) in [6.07, 6.45) is 6.97. The van der Waals surface area contributed by atoms with Crippen LogP contribution in [0, 0.1) is 17.8 Å². The van der Waals surface area contributed by atoms with Crippen molar-refractivity contribution in [1.82, 2.24) is 15.2 Å². The molecule has 0 saturated heterocycles. The van der Waals surface area contributed by atoms with Gasteiger partial charge in [-0.2, -0.15) is 5.10 Å². The average Bonchev–Trinajstić information content (AvgIpc) is 2.72. The molecular formula is C14H25BrN4. The second-order valence-corrected chi connectivity index (χ2v) is 6.92. The summed E-state index contributed by atoms with van der Waals surface area (Å²) >= 11 is 3.58. The van der Waals surface area contributed by atoms with Gasteiger partial charge in [-0.15, -0.1) is 0 Å². The van der Waals surface area contributed by atoms with Crippen LogP contribution < -0.4 is 11.3 Å². The predicted octanol–water partition coefficient (Wildman–Crippen LogP) is 3.15. The van der Waals surface area contributed by atoms with Crippen LogP contribution in [0.2, 0.25) is 0 Å². The molecule has 0 radical (unpaired) electrons. The van der Waals surface area contributed by atoms with Crippen LogP contribution in [0.3, 0.4) is 0 Å². The molecule has 19 heavy (non-hydrogen) atoms. The first-order valence-electron chi connectivity index (χ1n) is 7.18.